The molecule has 1 aromatic heterocycles. The number of anilines is 1. The fourth-order valence-corrected chi connectivity index (χ4v) is 7.12. The average Bonchev–Trinajstić information content (AvgIpc) is 3.58. The Labute approximate surface area is 333 Å². The lowest BCUT2D eigenvalue weighted by molar-refractivity contribution is -0.160. The third kappa shape index (κ3) is 10.6. The Morgan fingerprint density at radius 2 is 1.63 bits per heavy atom. The summed E-state index contributed by atoms with van der Waals surface area (Å²) in [7, 11) is 0. The second kappa shape index (κ2) is 18.7. The molecule has 0 spiro atoms. The van der Waals surface area contributed by atoms with Crippen LogP contribution in [0.4, 0.5) is 40.8 Å². The molecule has 2 aliphatic heterocycles. The fourth-order valence-electron chi connectivity index (χ4n) is 7.12. The third-order valence-electron chi connectivity index (χ3n) is 10.5. The van der Waals surface area contributed by atoms with E-state index in [9.17, 15) is 51.3 Å². The van der Waals surface area contributed by atoms with Crippen molar-refractivity contribution in [3.63, 3.8) is 0 Å². The van der Waals surface area contributed by atoms with Crippen molar-refractivity contribution in [3.8, 4) is 11.1 Å². The predicted molar refractivity (Wildman–Crippen MR) is 196 cm³/mol. The molecular weight excluding hydrogens is 800 g/mol. The minimum Gasteiger partial charge on any atom is -0.509 e. The molecule has 2 amide bonds. The molecule has 11 nitrogen and oxygen atoms in total. The lowest BCUT2D eigenvalue weighted by Crippen LogP contribution is -2.60. The second-order valence-corrected chi connectivity index (χ2v) is 14.7. The number of unbranched alkanes of at least 4 members (excludes halogenated alkanes) is 4. The number of alkyl halides is 6. The van der Waals surface area contributed by atoms with E-state index in [-0.39, 0.29) is 30.8 Å². The van der Waals surface area contributed by atoms with Crippen LogP contribution < -0.4 is 5.32 Å². The fraction of sp³-hybridized carbons (Fsp3) is 0.475. The number of hydrogen-bond acceptors (Lipinski definition) is 9. The summed E-state index contributed by atoms with van der Waals surface area (Å²) in [5.41, 5.74) is -5.89. The molecule has 0 bridgehead atoms. The highest BCUT2D eigenvalue weighted by Crippen LogP contribution is 2.43. The van der Waals surface area contributed by atoms with Gasteiger partial charge >= 0.3 is 12.4 Å². The Kier molecular flexibility index (Phi) is 14.4. The van der Waals surface area contributed by atoms with Gasteiger partial charge in [0.25, 0.3) is 11.8 Å². The molecule has 3 aromatic rings. The van der Waals surface area contributed by atoms with Gasteiger partial charge in [-0.1, -0.05) is 25.3 Å². The van der Waals surface area contributed by atoms with Crippen molar-refractivity contribution in [1.29, 1.82) is 0 Å². The Hall–Kier alpha value is -4.69. The standard InChI is InChI=1S/C40H44F8N4O7/c1-38-13-7-14-52(38)51(20-27-28(41)16-23(17-29(27)42)8-5-3-2-4-6-15-59-22-32(55)31(54)21-53)37(58)34(35(38)56)36(57)50-30-11-10-25(39(43,44)45)18-26(30)24-9-12-33(49-19-24)40(46,47)48/h9-12,16-19,31-32,53-56H,2-8,13-15,20-22H2,1H3,(H,50,57)/t31-,32-,38+/m0/s1. The molecule has 59 heavy (non-hydrogen) atoms. The number of aliphatic hydroxyl groups excluding tert-OH is 4. The first-order chi connectivity index (χ1) is 27.8. The summed E-state index contributed by atoms with van der Waals surface area (Å²) < 4.78 is 117. The number of amides is 2. The summed E-state index contributed by atoms with van der Waals surface area (Å²) >= 11 is 0. The summed E-state index contributed by atoms with van der Waals surface area (Å²) in [6.07, 6.45) is -6.98. The van der Waals surface area contributed by atoms with Gasteiger partial charge in [0.1, 0.15) is 40.9 Å². The SMILES string of the molecule is C[C@]12CCCN1N(Cc1c(F)cc(CCCCCCCOC[C@H](O)[C@@H](O)CO)cc1F)C(=O)C(C(=O)Nc1ccc(C(F)(F)F)cc1-c1ccc(C(F)(F)F)nc1)=C2O. The van der Waals surface area contributed by atoms with Gasteiger partial charge in [0.05, 0.1) is 30.9 Å². The van der Waals surface area contributed by atoms with Gasteiger partial charge in [-0.3, -0.25) is 19.6 Å². The number of aliphatic hydroxyl groups is 4. The summed E-state index contributed by atoms with van der Waals surface area (Å²) in [5.74, 6) is -5.03. The number of nitrogens with one attached hydrogen (secondary N) is 1. The van der Waals surface area contributed by atoms with Gasteiger partial charge in [-0.2, -0.15) is 26.3 Å². The molecule has 0 saturated carbocycles. The molecule has 5 rings (SSSR count). The molecule has 0 aliphatic carbocycles. The van der Waals surface area contributed by atoms with Gasteiger partial charge in [0.2, 0.25) is 0 Å². The van der Waals surface area contributed by atoms with Gasteiger partial charge in [0.15, 0.2) is 0 Å². The minimum absolute atomic E-state index is 0.115. The molecule has 2 aromatic carbocycles. The van der Waals surface area contributed by atoms with Crippen molar-refractivity contribution in [1.82, 2.24) is 15.0 Å². The van der Waals surface area contributed by atoms with Gasteiger partial charge in [-0.05, 0) is 81.0 Å². The maximum absolute atomic E-state index is 15.6. The molecule has 322 valence electrons. The second-order valence-electron chi connectivity index (χ2n) is 14.7. The van der Waals surface area contributed by atoms with Gasteiger partial charge in [-0.25, -0.2) is 13.8 Å². The van der Waals surface area contributed by atoms with Crippen LogP contribution in [0.15, 0.2) is 60.0 Å². The normalized spacial score (nSPS) is 18.6. The lowest BCUT2D eigenvalue weighted by Gasteiger charge is -2.46. The highest BCUT2D eigenvalue weighted by Gasteiger charge is 2.53. The summed E-state index contributed by atoms with van der Waals surface area (Å²) in [6.45, 7) is 0.634. The number of carbonyl (C=O) groups is 2. The molecule has 1 saturated heterocycles. The molecule has 3 atom stereocenters. The zero-order valence-corrected chi connectivity index (χ0v) is 31.8. The van der Waals surface area contributed by atoms with E-state index >= 15 is 8.78 Å². The summed E-state index contributed by atoms with van der Waals surface area (Å²) in [4.78, 5) is 31.2. The van der Waals surface area contributed by atoms with Crippen molar-refractivity contribution < 1.29 is 69.9 Å². The lowest BCUT2D eigenvalue weighted by atomic mass is 9.90. The molecular formula is C40H44F8N4O7. The topological polar surface area (TPSA) is 156 Å². The van der Waals surface area contributed by atoms with Crippen LogP contribution in [0.1, 0.15) is 74.3 Å². The summed E-state index contributed by atoms with van der Waals surface area (Å²) in [6, 6.07) is 5.74. The number of fused-ring (bicyclic) bond motifs is 1. The molecule has 0 unspecified atom stereocenters. The Morgan fingerprint density at radius 1 is 0.949 bits per heavy atom. The van der Waals surface area contributed by atoms with E-state index in [1.54, 1.807) is 0 Å². The minimum atomic E-state index is -4.89. The van der Waals surface area contributed by atoms with Crippen LogP contribution in [0, 0.1) is 11.6 Å². The number of hydrogen-bond donors (Lipinski definition) is 5. The van der Waals surface area contributed by atoms with Crippen LogP contribution in [0.25, 0.3) is 11.1 Å². The van der Waals surface area contributed by atoms with E-state index in [0.29, 0.717) is 62.2 Å². The smallest absolute Gasteiger partial charge is 0.433 e. The molecule has 0 radical (unpaired) electrons. The van der Waals surface area contributed by atoms with E-state index in [0.717, 1.165) is 48.5 Å². The number of aryl methyl sites for hydroxylation is 1. The number of hydrazine groups is 1. The maximum atomic E-state index is 15.6. The highest BCUT2D eigenvalue weighted by atomic mass is 19.4. The molecule has 19 heteroatoms. The predicted octanol–water partition coefficient (Wildman–Crippen LogP) is 6.85. The first-order valence-electron chi connectivity index (χ1n) is 18.9. The maximum Gasteiger partial charge on any atom is 0.433 e. The quantitative estimate of drug-likeness (QED) is 0.0558. The van der Waals surface area contributed by atoms with E-state index in [4.69, 9.17) is 9.84 Å². The number of nitrogens with zero attached hydrogens (tertiary/aromatic N) is 3. The Balaban J connectivity index is 1.29. The first-order valence-corrected chi connectivity index (χ1v) is 18.9. The van der Waals surface area contributed by atoms with E-state index in [1.807, 2.05) is 0 Å². The average molecular weight is 845 g/mol. The monoisotopic (exact) mass is 844 g/mol. The van der Waals surface area contributed by atoms with Gasteiger partial charge in [0, 0.05) is 41.7 Å². The molecule has 3 heterocycles. The number of halogens is 8. The number of ether oxygens (including phenoxy) is 1. The first kappa shape index (κ1) is 45.4. The number of aromatic nitrogens is 1. The zero-order valence-electron chi connectivity index (χ0n) is 31.8. The van der Waals surface area contributed by atoms with Gasteiger partial charge < -0.3 is 30.5 Å². The largest absolute Gasteiger partial charge is 0.509 e. The van der Waals surface area contributed by atoms with Crippen LogP contribution in [0.3, 0.4) is 0 Å². The van der Waals surface area contributed by atoms with Crippen LogP contribution in [0.5, 0.6) is 0 Å². The number of carbonyl (C=O) groups excluding carboxylic acids is 2. The summed E-state index contributed by atoms with van der Waals surface area (Å²) in [5, 5.41) is 43.8. The number of benzene rings is 2. The molecule has 1 fully saturated rings. The third-order valence-corrected chi connectivity index (χ3v) is 10.5. The number of rotatable bonds is 17. The van der Waals surface area contributed by atoms with Crippen molar-refractivity contribution in [2.75, 3.05) is 31.7 Å². The Bertz CT molecular complexity index is 1990. The van der Waals surface area contributed by atoms with Crippen molar-refractivity contribution >= 4 is 17.5 Å². The van der Waals surface area contributed by atoms with Crippen molar-refractivity contribution in [2.45, 2.75) is 94.9 Å². The molecule has 5 N–H and O–H groups in total. The van der Waals surface area contributed by atoms with Crippen LogP contribution in [0.2, 0.25) is 0 Å². The Morgan fingerprint density at radius 3 is 2.25 bits per heavy atom. The van der Waals surface area contributed by atoms with Crippen LogP contribution in [-0.4, -0.2) is 91.4 Å². The highest BCUT2D eigenvalue weighted by molar-refractivity contribution is 6.24. The van der Waals surface area contributed by atoms with E-state index in [2.05, 4.69) is 10.3 Å². The van der Waals surface area contributed by atoms with Crippen molar-refractivity contribution in [2.24, 2.45) is 0 Å². The molecule has 2 aliphatic rings. The van der Waals surface area contributed by atoms with E-state index < -0.39 is 100 Å². The van der Waals surface area contributed by atoms with Crippen molar-refractivity contribution in [3.05, 3.63) is 94.0 Å². The zero-order chi connectivity index (χ0) is 43.3. The number of pyridine rings is 1. The van der Waals surface area contributed by atoms with Crippen LogP contribution in [-0.2, 0) is 39.6 Å². The van der Waals surface area contributed by atoms with Crippen LogP contribution >= 0.6 is 0 Å². The van der Waals surface area contributed by atoms with Gasteiger partial charge in [-0.15, -0.1) is 0 Å². The van der Waals surface area contributed by atoms with E-state index in [1.165, 1.54) is 11.9 Å².